The van der Waals surface area contributed by atoms with Gasteiger partial charge in [-0.05, 0) is 109 Å². The molecule has 10 heteroatoms. The lowest BCUT2D eigenvalue weighted by Crippen LogP contribution is -2.20. The maximum absolute atomic E-state index is 13.4. The third-order valence-electron chi connectivity index (χ3n) is 4.54. The zero-order chi connectivity index (χ0) is 24.2. The molecule has 0 aromatic heterocycles. The molecule has 1 aliphatic rings. The summed E-state index contributed by atoms with van der Waals surface area (Å²) in [4.78, 5) is 29.1. The molecule has 1 heterocycles. The number of aliphatic imine (C=N–C) groups is 1. The van der Waals surface area contributed by atoms with E-state index in [4.69, 9.17) is 16.3 Å². The number of nitrogens with zero attached hydrogens (tertiary/aromatic N) is 1. The van der Waals surface area contributed by atoms with Crippen LogP contribution in [0.5, 0.6) is 5.75 Å². The van der Waals surface area contributed by atoms with E-state index in [2.05, 4.69) is 42.2 Å². The molecular weight excluding hydrogens is 611 g/mol. The summed E-state index contributed by atoms with van der Waals surface area (Å²) >= 11 is 13.9. The lowest BCUT2D eigenvalue weighted by molar-refractivity contribution is -0.115. The van der Waals surface area contributed by atoms with Crippen molar-refractivity contribution in [3.8, 4) is 5.75 Å². The number of thioether (sulfide) groups is 1. The molecule has 1 fully saturated rings. The molecule has 5 nitrogen and oxygen atoms in total. The van der Waals surface area contributed by atoms with E-state index in [-0.39, 0.29) is 23.5 Å². The Morgan fingerprint density at radius 3 is 2.50 bits per heavy atom. The van der Waals surface area contributed by atoms with Crippen LogP contribution in [0.1, 0.15) is 21.5 Å². The summed E-state index contributed by atoms with van der Waals surface area (Å²) in [6.45, 7) is 0.190. The van der Waals surface area contributed by atoms with Crippen molar-refractivity contribution < 1.29 is 18.7 Å². The van der Waals surface area contributed by atoms with E-state index in [0.717, 1.165) is 17.3 Å². The molecule has 0 unspecified atom stereocenters. The average molecular weight is 625 g/mol. The standard InChI is InChI=1S/C24H14Br2ClFN2O3S/c25-18-9-14(10-19(26)21(18)33-12-13-2-1-3-17(28)8-13)11-20-23(32)30-24(34-20)29-22(31)15-4-6-16(27)7-5-15/h1-11H,12H2,(H,29,30,31,32)/b20-11-. The molecule has 2 amide bonds. The fraction of sp³-hybridized carbons (Fsp3) is 0.0417. The van der Waals surface area contributed by atoms with Crippen LogP contribution in [0, 0.1) is 5.82 Å². The van der Waals surface area contributed by atoms with Gasteiger partial charge in [0, 0.05) is 10.6 Å². The first-order chi connectivity index (χ1) is 16.3. The Morgan fingerprint density at radius 2 is 1.82 bits per heavy atom. The minimum atomic E-state index is -0.481. The summed E-state index contributed by atoms with van der Waals surface area (Å²) < 4.78 is 20.5. The van der Waals surface area contributed by atoms with Crippen LogP contribution in [-0.4, -0.2) is 17.0 Å². The Kier molecular flexibility index (Phi) is 7.88. The van der Waals surface area contributed by atoms with E-state index in [0.29, 0.717) is 35.7 Å². The fourth-order valence-corrected chi connectivity index (χ4v) is 5.36. The fourth-order valence-electron chi connectivity index (χ4n) is 2.96. The Labute approximate surface area is 220 Å². The Morgan fingerprint density at radius 1 is 1.12 bits per heavy atom. The second kappa shape index (κ2) is 10.9. The van der Waals surface area contributed by atoms with Crippen molar-refractivity contribution in [3.63, 3.8) is 0 Å². The van der Waals surface area contributed by atoms with Crippen molar-refractivity contribution in [2.75, 3.05) is 0 Å². The van der Waals surface area contributed by atoms with E-state index in [1.54, 1.807) is 54.6 Å². The van der Waals surface area contributed by atoms with Crippen LogP contribution in [0.4, 0.5) is 4.39 Å². The number of carbonyl (C=O) groups is 2. The molecule has 172 valence electrons. The molecule has 0 spiro atoms. The summed E-state index contributed by atoms with van der Waals surface area (Å²) in [6.07, 6.45) is 1.68. The molecule has 3 aromatic rings. The topological polar surface area (TPSA) is 67.8 Å². The third kappa shape index (κ3) is 6.15. The van der Waals surface area contributed by atoms with Gasteiger partial charge in [0.2, 0.25) is 0 Å². The minimum Gasteiger partial charge on any atom is -0.487 e. The maximum atomic E-state index is 13.4. The highest BCUT2D eigenvalue weighted by Gasteiger charge is 2.25. The van der Waals surface area contributed by atoms with Gasteiger partial charge >= 0.3 is 0 Å². The number of carbonyl (C=O) groups excluding carboxylic acids is 2. The highest BCUT2D eigenvalue weighted by molar-refractivity contribution is 9.11. The van der Waals surface area contributed by atoms with E-state index >= 15 is 0 Å². The smallest absolute Gasteiger partial charge is 0.279 e. The summed E-state index contributed by atoms with van der Waals surface area (Å²) in [5.41, 5.74) is 1.79. The number of hydrogen-bond donors (Lipinski definition) is 1. The number of rotatable bonds is 5. The first-order valence-corrected chi connectivity index (χ1v) is 12.5. The highest BCUT2D eigenvalue weighted by atomic mass is 79.9. The van der Waals surface area contributed by atoms with Crippen molar-refractivity contribution in [2.45, 2.75) is 6.61 Å². The van der Waals surface area contributed by atoms with Crippen molar-refractivity contribution in [1.29, 1.82) is 0 Å². The molecule has 34 heavy (non-hydrogen) atoms. The quantitative estimate of drug-likeness (QED) is 0.311. The van der Waals surface area contributed by atoms with Crippen LogP contribution in [-0.2, 0) is 11.4 Å². The van der Waals surface area contributed by atoms with Gasteiger partial charge in [-0.2, -0.15) is 4.99 Å². The van der Waals surface area contributed by atoms with Crippen molar-refractivity contribution in [1.82, 2.24) is 5.32 Å². The number of amides is 2. The van der Waals surface area contributed by atoms with Gasteiger partial charge in [-0.3, -0.25) is 9.59 Å². The van der Waals surface area contributed by atoms with E-state index in [1.807, 2.05) is 0 Å². The van der Waals surface area contributed by atoms with Crippen LogP contribution in [0.3, 0.4) is 0 Å². The second-order valence-electron chi connectivity index (χ2n) is 7.03. The van der Waals surface area contributed by atoms with Crippen LogP contribution in [0.15, 0.2) is 79.5 Å². The molecule has 3 aromatic carbocycles. The highest BCUT2D eigenvalue weighted by Crippen LogP contribution is 2.37. The molecule has 1 saturated heterocycles. The predicted molar refractivity (Wildman–Crippen MR) is 140 cm³/mol. The van der Waals surface area contributed by atoms with Gasteiger partial charge in [0.25, 0.3) is 11.8 Å². The van der Waals surface area contributed by atoms with Gasteiger partial charge in [-0.15, -0.1) is 0 Å². The summed E-state index contributed by atoms with van der Waals surface area (Å²) in [5.74, 6) is -0.616. The lowest BCUT2D eigenvalue weighted by Gasteiger charge is -2.11. The molecule has 0 atom stereocenters. The third-order valence-corrected chi connectivity index (χ3v) is 6.88. The zero-order valence-electron chi connectivity index (χ0n) is 17.2. The van der Waals surface area contributed by atoms with Crippen LogP contribution >= 0.6 is 55.2 Å². The number of benzene rings is 3. The minimum absolute atomic E-state index is 0.190. The maximum Gasteiger partial charge on any atom is 0.279 e. The Balaban J connectivity index is 1.48. The molecule has 0 bridgehead atoms. The second-order valence-corrected chi connectivity index (χ2v) is 10.2. The van der Waals surface area contributed by atoms with Crippen molar-refractivity contribution in [2.24, 2.45) is 4.99 Å². The molecule has 1 N–H and O–H groups in total. The SMILES string of the molecule is O=C1NC(=NC(=O)c2ccc(Cl)cc2)S/C1=C\c1cc(Br)c(OCc2cccc(F)c2)c(Br)c1. The van der Waals surface area contributed by atoms with Crippen LogP contribution < -0.4 is 10.1 Å². The van der Waals surface area contributed by atoms with Crippen molar-refractivity contribution in [3.05, 3.63) is 102 Å². The average Bonchev–Trinajstić information content (AvgIpc) is 3.12. The van der Waals surface area contributed by atoms with Crippen molar-refractivity contribution >= 4 is 78.3 Å². The van der Waals surface area contributed by atoms with Gasteiger partial charge in [-0.1, -0.05) is 23.7 Å². The Bertz CT molecular complexity index is 1320. The lowest BCUT2D eigenvalue weighted by atomic mass is 10.2. The molecule has 1 aliphatic heterocycles. The number of hydrogen-bond acceptors (Lipinski definition) is 4. The van der Waals surface area contributed by atoms with E-state index in [1.165, 1.54) is 12.1 Å². The first kappa shape index (κ1) is 24.7. The molecule has 0 aliphatic carbocycles. The van der Waals surface area contributed by atoms with E-state index < -0.39 is 5.91 Å². The van der Waals surface area contributed by atoms with Crippen LogP contribution in [0.2, 0.25) is 5.02 Å². The number of halogens is 4. The van der Waals surface area contributed by atoms with Gasteiger partial charge in [-0.25, -0.2) is 4.39 Å². The Hall–Kier alpha value is -2.46. The van der Waals surface area contributed by atoms with Gasteiger partial charge < -0.3 is 10.1 Å². The number of nitrogens with one attached hydrogen (secondary N) is 1. The monoisotopic (exact) mass is 622 g/mol. The number of ether oxygens (including phenoxy) is 1. The normalized spacial score (nSPS) is 15.6. The summed E-state index contributed by atoms with van der Waals surface area (Å²) in [7, 11) is 0. The molecule has 4 rings (SSSR count). The zero-order valence-corrected chi connectivity index (χ0v) is 21.9. The van der Waals surface area contributed by atoms with E-state index in [9.17, 15) is 14.0 Å². The largest absolute Gasteiger partial charge is 0.487 e. The van der Waals surface area contributed by atoms with Crippen LogP contribution in [0.25, 0.3) is 6.08 Å². The summed E-state index contributed by atoms with van der Waals surface area (Å²) in [6, 6.07) is 16.1. The molecule has 0 radical (unpaired) electrons. The molecular formula is C24H14Br2ClFN2O3S. The van der Waals surface area contributed by atoms with Gasteiger partial charge in [0.15, 0.2) is 5.17 Å². The summed E-state index contributed by atoms with van der Waals surface area (Å²) in [5, 5.41) is 3.31. The van der Waals surface area contributed by atoms with Gasteiger partial charge in [0.1, 0.15) is 18.2 Å². The predicted octanol–water partition coefficient (Wildman–Crippen LogP) is 6.98. The first-order valence-electron chi connectivity index (χ1n) is 9.74. The number of amidine groups is 1. The molecule has 0 saturated carbocycles. The van der Waals surface area contributed by atoms with Gasteiger partial charge in [0.05, 0.1) is 13.9 Å².